The van der Waals surface area contributed by atoms with Gasteiger partial charge in [-0.05, 0) is 42.9 Å². The third-order valence-electron chi connectivity index (χ3n) is 3.46. The highest BCUT2D eigenvalue weighted by atomic mass is 35.5. The van der Waals surface area contributed by atoms with Gasteiger partial charge in [0.2, 0.25) is 0 Å². The normalized spacial score (nSPS) is 24.1. The number of aliphatic hydroxyl groups is 1. The summed E-state index contributed by atoms with van der Waals surface area (Å²) in [4.78, 5) is 0. The van der Waals surface area contributed by atoms with Gasteiger partial charge in [0.1, 0.15) is 0 Å². The van der Waals surface area contributed by atoms with E-state index in [9.17, 15) is 13.5 Å². The first-order chi connectivity index (χ1) is 8.37. The van der Waals surface area contributed by atoms with Crippen molar-refractivity contribution in [3.05, 3.63) is 34.3 Å². The van der Waals surface area contributed by atoms with E-state index in [1.807, 2.05) is 19.1 Å². The summed E-state index contributed by atoms with van der Waals surface area (Å²) >= 11 is 6.01. The molecular weight excluding hydrogens is 272 g/mol. The van der Waals surface area contributed by atoms with Gasteiger partial charge < -0.3 is 5.11 Å². The van der Waals surface area contributed by atoms with Gasteiger partial charge in [-0.25, -0.2) is 8.42 Å². The summed E-state index contributed by atoms with van der Waals surface area (Å²) < 4.78 is 22.7. The van der Waals surface area contributed by atoms with Crippen LogP contribution in [0.25, 0.3) is 0 Å². The molecule has 0 radical (unpaired) electrons. The summed E-state index contributed by atoms with van der Waals surface area (Å²) in [5.41, 5.74) is 1.73. The molecule has 1 heterocycles. The molecule has 1 fully saturated rings. The highest BCUT2D eigenvalue weighted by Gasteiger charge is 2.29. The van der Waals surface area contributed by atoms with Crippen LogP contribution in [0.2, 0.25) is 5.02 Å². The zero-order chi connectivity index (χ0) is 13.3. The Labute approximate surface area is 113 Å². The molecule has 0 saturated carbocycles. The van der Waals surface area contributed by atoms with Crippen LogP contribution in [0.3, 0.4) is 0 Å². The lowest BCUT2D eigenvalue weighted by atomic mass is 9.96. The molecule has 0 bridgehead atoms. The lowest BCUT2D eigenvalue weighted by Gasteiger charge is -2.15. The fourth-order valence-corrected chi connectivity index (χ4v) is 4.40. The molecule has 2 unspecified atom stereocenters. The van der Waals surface area contributed by atoms with Crippen molar-refractivity contribution >= 4 is 21.4 Å². The summed E-state index contributed by atoms with van der Waals surface area (Å²) in [6, 6.07) is 5.46. The quantitative estimate of drug-likeness (QED) is 0.930. The Bertz CT molecular complexity index is 539. The first-order valence-corrected chi connectivity index (χ1v) is 8.22. The van der Waals surface area contributed by atoms with Crippen LogP contribution in [0, 0.1) is 12.8 Å². The zero-order valence-corrected chi connectivity index (χ0v) is 11.8. The summed E-state index contributed by atoms with van der Waals surface area (Å²) in [5, 5.41) is 10.7. The van der Waals surface area contributed by atoms with Gasteiger partial charge in [0.25, 0.3) is 0 Å². The van der Waals surface area contributed by atoms with Crippen molar-refractivity contribution in [2.24, 2.45) is 5.92 Å². The van der Waals surface area contributed by atoms with Crippen molar-refractivity contribution in [3.8, 4) is 0 Å². The maximum atomic E-state index is 11.4. The maximum Gasteiger partial charge on any atom is 0.150 e. The molecule has 3 nitrogen and oxygen atoms in total. The summed E-state index contributed by atoms with van der Waals surface area (Å²) in [5.74, 6) is 0.507. The van der Waals surface area contributed by atoms with E-state index in [1.165, 1.54) is 0 Å². The average Bonchev–Trinajstić information content (AvgIpc) is 2.62. The van der Waals surface area contributed by atoms with Crippen molar-refractivity contribution in [1.29, 1.82) is 0 Å². The Hall–Kier alpha value is -0.580. The Kier molecular flexibility index (Phi) is 3.99. The van der Waals surface area contributed by atoms with Crippen molar-refractivity contribution in [3.63, 3.8) is 0 Å². The van der Waals surface area contributed by atoms with E-state index < -0.39 is 15.9 Å². The topological polar surface area (TPSA) is 54.4 Å². The standard InChI is InChI=1S/C13H17ClO3S/c1-9-2-3-11(7-12(9)14)13(15)6-10-4-5-18(16,17)8-10/h2-3,7,10,13,15H,4-6,8H2,1H3. The lowest BCUT2D eigenvalue weighted by Crippen LogP contribution is -2.09. The lowest BCUT2D eigenvalue weighted by molar-refractivity contribution is 0.148. The zero-order valence-electron chi connectivity index (χ0n) is 10.3. The predicted molar refractivity (Wildman–Crippen MR) is 72.5 cm³/mol. The van der Waals surface area contributed by atoms with Gasteiger partial charge in [0.15, 0.2) is 9.84 Å². The Balaban J connectivity index is 2.04. The van der Waals surface area contributed by atoms with E-state index in [4.69, 9.17) is 11.6 Å². The van der Waals surface area contributed by atoms with E-state index in [1.54, 1.807) is 6.07 Å². The van der Waals surface area contributed by atoms with Crippen LogP contribution >= 0.6 is 11.6 Å². The molecular formula is C13H17ClO3S. The molecule has 1 aromatic carbocycles. The second-order valence-corrected chi connectivity index (χ2v) is 7.67. The third-order valence-corrected chi connectivity index (χ3v) is 5.71. The molecule has 1 aromatic rings. The van der Waals surface area contributed by atoms with Crippen LogP contribution in [-0.2, 0) is 9.84 Å². The molecule has 0 spiro atoms. The summed E-state index contributed by atoms with van der Waals surface area (Å²) in [6.07, 6.45) is 0.499. The molecule has 0 aromatic heterocycles. The van der Waals surface area contributed by atoms with Gasteiger partial charge in [-0.2, -0.15) is 0 Å². The number of halogens is 1. The minimum atomic E-state index is -2.88. The fourth-order valence-electron chi connectivity index (χ4n) is 2.33. The molecule has 5 heteroatoms. The molecule has 100 valence electrons. The minimum Gasteiger partial charge on any atom is -0.388 e. The van der Waals surface area contributed by atoms with Crippen molar-refractivity contribution < 1.29 is 13.5 Å². The first-order valence-electron chi connectivity index (χ1n) is 6.02. The Morgan fingerprint density at radius 1 is 1.50 bits per heavy atom. The predicted octanol–water partition coefficient (Wildman–Crippen LogP) is 2.51. The van der Waals surface area contributed by atoms with Gasteiger partial charge in [0.05, 0.1) is 17.6 Å². The number of hydrogen-bond acceptors (Lipinski definition) is 3. The van der Waals surface area contributed by atoms with Crippen molar-refractivity contribution in [1.82, 2.24) is 0 Å². The van der Waals surface area contributed by atoms with Crippen LogP contribution in [0.1, 0.15) is 30.1 Å². The van der Waals surface area contributed by atoms with Crippen LogP contribution < -0.4 is 0 Å². The number of benzene rings is 1. The van der Waals surface area contributed by atoms with E-state index in [-0.39, 0.29) is 17.4 Å². The van der Waals surface area contributed by atoms with E-state index in [0.717, 1.165) is 11.1 Å². The van der Waals surface area contributed by atoms with Gasteiger partial charge >= 0.3 is 0 Å². The van der Waals surface area contributed by atoms with Crippen LogP contribution in [0.4, 0.5) is 0 Å². The molecule has 1 saturated heterocycles. The van der Waals surface area contributed by atoms with Crippen LogP contribution in [-0.4, -0.2) is 25.0 Å². The van der Waals surface area contributed by atoms with Crippen LogP contribution in [0.5, 0.6) is 0 Å². The van der Waals surface area contributed by atoms with Crippen molar-refractivity contribution in [2.45, 2.75) is 25.9 Å². The first kappa shape index (κ1) is 13.8. The number of aliphatic hydroxyl groups excluding tert-OH is 1. The fraction of sp³-hybridized carbons (Fsp3) is 0.538. The van der Waals surface area contributed by atoms with Crippen LogP contribution in [0.15, 0.2) is 18.2 Å². The SMILES string of the molecule is Cc1ccc(C(O)CC2CCS(=O)(=O)C2)cc1Cl. The third kappa shape index (κ3) is 3.25. The number of hydrogen-bond donors (Lipinski definition) is 1. The average molecular weight is 289 g/mol. The smallest absolute Gasteiger partial charge is 0.150 e. The minimum absolute atomic E-state index is 0.0603. The Morgan fingerprint density at radius 3 is 2.78 bits per heavy atom. The maximum absolute atomic E-state index is 11.4. The van der Waals surface area contributed by atoms with Gasteiger partial charge in [-0.1, -0.05) is 23.7 Å². The summed E-state index contributed by atoms with van der Waals surface area (Å²) in [7, 11) is -2.88. The van der Waals surface area contributed by atoms with E-state index in [2.05, 4.69) is 0 Å². The van der Waals surface area contributed by atoms with Gasteiger partial charge in [-0.3, -0.25) is 0 Å². The van der Waals surface area contributed by atoms with E-state index >= 15 is 0 Å². The number of sulfone groups is 1. The van der Waals surface area contributed by atoms with E-state index in [0.29, 0.717) is 17.9 Å². The highest BCUT2D eigenvalue weighted by molar-refractivity contribution is 7.91. The molecule has 2 atom stereocenters. The molecule has 0 amide bonds. The molecule has 0 aliphatic carbocycles. The number of aryl methyl sites for hydroxylation is 1. The monoisotopic (exact) mass is 288 g/mol. The molecule has 2 rings (SSSR count). The van der Waals surface area contributed by atoms with Gasteiger partial charge in [-0.15, -0.1) is 0 Å². The second-order valence-electron chi connectivity index (χ2n) is 5.03. The molecule has 18 heavy (non-hydrogen) atoms. The van der Waals surface area contributed by atoms with Gasteiger partial charge in [0, 0.05) is 5.02 Å². The largest absolute Gasteiger partial charge is 0.388 e. The second kappa shape index (κ2) is 5.19. The molecule has 1 aliphatic heterocycles. The molecule has 1 aliphatic rings. The summed E-state index contributed by atoms with van der Waals surface area (Å²) in [6.45, 7) is 1.90. The van der Waals surface area contributed by atoms with Crippen molar-refractivity contribution in [2.75, 3.05) is 11.5 Å². The Morgan fingerprint density at radius 2 is 2.22 bits per heavy atom. The highest BCUT2D eigenvalue weighted by Crippen LogP contribution is 2.30. The number of rotatable bonds is 3. The molecule has 1 N–H and O–H groups in total.